The number of allylic oxidation sites excluding steroid dienone is 1. The van der Waals surface area contributed by atoms with Gasteiger partial charge in [0.05, 0.1) is 6.61 Å². The Hall–Kier alpha value is -1.71. The molecule has 0 aromatic heterocycles. The molecule has 2 rings (SSSR count). The van der Waals surface area contributed by atoms with E-state index in [9.17, 15) is 9.90 Å². The average Bonchev–Trinajstić information content (AvgIpc) is 2.56. The smallest absolute Gasteiger partial charge is 0.373 e. The summed E-state index contributed by atoms with van der Waals surface area (Å²) in [6, 6.07) is 0. The van der Waals surface area contributed by atoms with Crippen molar-refractivity contribution in [1.29, 1.82) is 0 Å². The molecule has 1 N–H and O–H groups in total. The summed E-state index contributed by atoms with van der Waals surface area (Å²) >= 11 is 0. The summed E-state index contributed by atoms with van der Waals surface area (Å²) in [6.45, 7) is 3.94. The molecule has 0 spiro atoms. The quantitative estimate of drug-likeness (QED) is 0.726. The Morgan fingerprint density at radius 2 is 2.38 bits per heavy atom. The zero-order valence-corrected chi connectivity index (χ0v) is 9.32. The molecule has 0 amide bonds. The molecule has 0 radical (unpaired) electrons. The Kier molecular flexibility index (Phi) is 2.50. The minimum Gasteiger partial charge on any atom is -0.508 e. The minimum atomic E-state index is -0.547. The third-order valence-corrected chi connectivity index (χ3v) is 2.71. The van der Waals surface area contributed by atoms with Crippen LogP contribution in [0.25, 0.3) is 0 Å². The highest BCUT2D eigenvalue weighted by Crippen LogP contribution is 2.39. The molecule has 1 heterocycles. The van der Waals surface area contributed by atoms with Crippen LogP contribution in [0.2, 0.25) is 0 Å². The number of aliphatic hydroxyl groups is 1. The van der Waals surface area contributed by atoms with Crippen LogP contribution < -0.4 is 0 Å². The SMILES string of the molecule is CCOC(=O)C1=CC2=CC(O)=CCC2(C)O1. The molecule has 1 atom stereocenters. The molecule has 1 aliphatic heterocycles. The van der Waals surface area contributed by atoms with Crippen molar-refractivity contribution in [1.82, 2.24) is 0 Å². The molecule has 0 fully saturated rings. The summed E-state index contributed by atoms with van der Waals surface area (Å²) < 4.78 is 10.4. The molecule has 4 heteroatoms. The lowest BCUT2D eigenvalue weighted by molar-refractivity contribution is -0.144. The summed E-state index contributed by atoms with van der Waals surface area (Å²) in [7, 11) is 0. The largest absolute Gasteiger partial charge is 0.508 e. The van der Waals surface area contributed by atoms with E-state index >= 15 is 0 Å². The fourth-order valence-corrected chi connectivity index (χ4v) is 1.80. The van der Waals surface area contributed by atoms with Gasteiger partial charge in [-0.2, -0.15) is 0 Å². The van der Waals surface area contributed by atoms with Crippen molar-refractivity contribution in [3.05, 3.63) is 35.3 Å². The Labute approximate surface area is 93.9 Å². The maximum absolute atomic E-state index is 11.5. The van der Waals surface area contributed by atoms with Gasteiger partial charge in [-0.1, -0.05) is 0 Å². The highest BCUT2D eigenvalue weighted by Gasteiger charge is 2.40. The molecule has 1 unspecified atom stereocenters. The summed E-state index contributed by atoms with van der Waals surface area (Å²) in [5.74, 6) is -0.0466. The Morgan fingerprint density at radius 1 is 1.62 bits per heavy atom. The van der Waals surface area contributed by atoms with E-state index in [0.717, 1.165) is 5.57 Å². The van der Waals surface area contributed by atoms with Crippen LogP contribution in [0.5, 0.6) is 0 Å². The Balaban J connectivity index is 2.24. The second-order valence-electron chi connectivity index (χ2n) is 3.99. The van der Waals surface area contributed by atoms with Crippen molar-refractivity contribution in [2.45, 2.75) is 25.9 Å². The van der Waals surface area contributed by atoms with E-state index in [4.69, 9.17) is 9.47 Å². The number of esters is 1. The monoisotopic (exact) mass is 222 g/mol. The van der Waals surface area contributed by atoms with Crippen LogP contribution >= 0.6 is 0 Å². The lowest BCUT2D eigenvalue weighted by atomic mass is 9.89. The van der Waals surface area contributed by atoms with Gasteiger partial charge in [0.15, 0.2) is 0 Å². The molecule has 0 saturated heterocycles. The van der Waals surface area contributed by atoms with Crippen LogP contribution in [0.3, 0.4) is 0 Å². The molecular weight excluding hydrogens is 208 g/mol. The molecule has 86 valence electrons. The molecule has 4 nitrogen and oxygen atoms in total. The van der Waals surface area contributed by atoms with Crippen molar-refractivity contribution in [2.24, 2.45) is 0 Å². The first-order valence-corrected chi connectivity index (χ1v) is 5.24. The van der Waals surface area contributed by atoms with Gasteiger partial charge in [0, 0.05) is 12.0 Å². The van der Waals surface area contributed by atoms with Crippen LogP contribution in [0.4, 0.5) is 0 Å². The fraction of sp³-hybridized carbons (Fsp3) is 0.417. The number of aliphatic hydroxyl groups excluding tert-OH is 1. The topological polar surface area (TPSA) is 55.8 Å². The second kappa shape index (κ2) is 3.70. The number of hydrogen-bond acceptors (Lipinski definition) is 4. The van der Waals surface area contributed by atoms with Gasteiger partial charge in [-0.3, -0.25) is 0 Å². The fourth-order valence-electron chi connectivity index (χ4n) is 1.80. The first-order valence-electron chi connectivity index (χ1n) is 5.24. The second-order valence-corrected chi connectivity index (χ2v) is 3.99. The Bertz CT molecular complexity index is 417. The summed E-state index contributed by atoms with van der Waals surface area (Å²) in [4.78, 5) is 11.5. The van der Waals surface area contributed by atoms with Crippen LogP contribution in [0.15, 0.2) is 35.3 Å². The summed E-state index contributed by atoms with van der Waals surface area (Å²) in [5.41, 5.74) is 0.254. The number of hydrogen-bond donors (Lipinski definition) is 1. The van der Waals surface area contributed by atoms with E-state index in [1.807, 2.05) is 6.92 Å². The number of fused-ring (bicyclic) bond motifs is 1. The van der Waals surface area contributed by atoms with Crippen LogP contribution in [0.1, 0.15) is 20.3 Å². The van der Waals surface area contributed by atoms with E-state index in [0.29, 0.717) is 13.0 Å². The van der Waals surface area contributed by atoms with Crippen LogP contribution in [-0.2, 0) is 14.3 Å². The molecule has 2 aliphatic rings. The summed E-state index contributed by atoms with van der Waals surface area (Å²) in [6.07, 6.45) is 5.45. The van der Waals surface area contributed by atoms with E-state index in [2.05, 4.69) is 0 Å². The molecule has 16 heavy (non-hydrogen) atoms. The lowest BCUT2D eigenvalue weighted by Crippen LogP contribution is -2.28. The maximum atomic E-state index is 11.5. The van der Waals surface area contributed by atoms with Crippen molar-refractivity contribution >= 4 is 5.97 Å². The predicted molar refractivity (Wildman–Crippen MR) is 57.6 cm³/mol. The molecular formula is C12H14O4. The molecule has 1 aliphatic carbocycles. The van der Waals surface area contributed by atoms with E-state index in [-0.39, 0.29) is 11.5 Å². The normalized spacial score (nSPS) is 27.2. The predicted octanol–water partition coefficient (Wildman–Crippen LogP) is 1.99. The molecule has 0 saturated carbocycles. The zero-order valence-electron chi connectivity index (χ0n) is 9.32. The van der Waals surface area contributed by atoms with E-state index in [1.165, 1.54) is 0 Å². The zero-order chi connectivity index (χ0) is 11.8. The number of carbonyl (C=O) groups excluding carboxylic acids is 1. The van der Waals surface area contributed by atoms with Crippen LogP contribution in [0, 0.1) is 0 Å². The van der Waals surface area contributed by atoms with Crippen molar-refractivity contribution in [3.63, 3.8) is 0 Å². The minimum absolute atomic E-state index is 0.206. The third-order valence-electron chi connectivity index (χ3n) is 2.71. The highest BCUT2D eigenvalue weighted by molar-refractivity contribution is 5.88. The lowest BCUT2D eigenvalue weighted by Gasteiger charge is -2.27. The van der Waals surface area contributed by atoms with Gasteiger partial charge < -0.3 is 14.6 Å². The third kappa shape index (κ3) is 1.71. The summed E-state index contributed by atoms with van der Waals surface area (Å²) in [5, 5.41) is 9.38. The van der Waals surface area contributed by atoms with Gasteiger partial charge in [-0.05, 0) is 32.1 Å². The highest BCUT2D eigenvalue weighted by atomic mass is 16.6. The molecule has 0 aromatic carbocycles. The average molecular weight is 222 g/mol. The first-order chi connectivity index (χ1) is 7.55. The van der Waals surface area contributed by atoms with Crippen LogP contribution in [-0.4, -0.2) is 23.3 Å². The molecule has 0 bridgehead atoms. The van der Waals surface area contributed by atoms with Gasteiger partial charge in [-0.25, -0.2) is 4.79 Å². The van der Waals surface area contributed by atoms with Gasteiger partial charge in [0.2, 0.25) is 5.76 Å². The van der Waals surface area contributed by atoms with Gasteiger partial charge >= 0.3 is 5.97 Å². The molecule has 0 aromatic rings. The number of rotatable bonds is 2. The van der Waals surface area contributed by atoms with Crippen molar-refractivity contribution in [3.8, 4) is 0 Å². The number of ether oxygens (including phenoxy) is 2. The standard InChI is InChI=1S/C12H14O4/c1-3-15-11(14)10-7-8-6-9(13)4-5-12(8,2)16-10/h4,6-7,13H,3,5H2,1-2H3. The van der Waals surface area contributed by atoms with E-state index < -0.39 is 11.6 Å². The van der Waals surface area contributed by atoms with Gasteiger partial charge in [0.1, 0.15) is 11.4 Å². The van der Waals surface area contributed by atoms with Gasteiger partial charge in [-0.15, -0.1) is 0 Å². The first kappa shape index (κ1) is 10.8. The van der Waals surface area contributed by atoms with Crippen molar-refractivity contribution < 1.29 is 19.4 Å². The number of carbonyl (C=O) groups is 1. The van der Waals surface area contributed by atoms with E-state index in [1.54, 1.807) is 25.2 Å². The van der Waals surface area contributed by atoms with Gasteiger partial charge in [0.25, 0.3) is 0 Å². The Morgan fingerprint density at radius 3 is 3.06 bits per heavy atom. The van der Waals surface area contributed by atoms with Crippen molar-refractivity contribution in [2.75, 3.05) is 6.61 Å². The maximum Gasteiger partial charge on any atom is 0.373 e.